The van der Waals surface area contributed by atoms with Gasteiger partial charge in [-0.05, 0) is 17.7 Å². The molecule has 0 spiro atoms. The zero-order valence-electron chi connectivity index (χ0n) is 12.5. The van der Waals surface area contributed by atoms with Crippen molar-refractivity contribution in [1.29, 1.82) is 0 Å². The molecule has 0 unspecified atom stereocenters. The molecule has 0 heterocycles. The Balaban J connectivity index is 1.79. The predicted octanol–water partition coefficient (Wildman–Crippen LogP) is 1.47. The summed E-state index contributed by atoms with van der Waals surface area (Å²) in [5.74, 6) is -0.996. The van der Waals surface area contributed by atoms with Crippen molar-refractivity contribution in [2.24, 2.45) is 5.10 Å². The Morgan fingerprint density at radius 2 is 1.75 bits per heavy atom. The normalized spacial score (nSPS) is 10.3. The lowest BCUT2D eigenvalue weighted by Crippen LogP contribution is -2.34. The molecule has 0 fully saturated rings. The maximum Gasteiger partial charge on any atom is 0.269 e. The number of hydrogen-bond donors (Lipinski definition) is 2. The van der Waals surface area contributed by atoms with Crippen molar-refractivity contribution in [3.05, 3.63) is 75.8 Å². The Hall–Kier alpha value is -3.55. The van der Waals surface area contributed by atoms with Gasteiger partial charge in [-0.3, -0.25) is 19.7 Å². The van der Waals surface area contributed by atoms with E-state index in [0.29, 0.717) is 0 Å². The molecular formula is C16H14N4O4. The SMILES string of the molecule is O=C(CNC(=O)c1ccc([N+](=O)[O-])cc1)N/N=C\c1ccccc1. The van der Waals surface area contributed by atoms with Gasteiger partial charge in [-0.2, -0.15) is 5.10 Å². The van der Waals surface area contributed by atoms with Crippen LogP contribution in [0.5, 0.6) is 0 Å². The molecule has 24 heavy (non-hydrogen) atoms. The van der Waals surface area contributed by atoms with E-state index in [1.807, 2.05) is 30.3 Å². The lowest BCUT2D eigenvalue weighted by molar-refractivity contribution is -0.384. The van der Waals surface area contributed by atoms with Gasteiger partial charge in [0.05, 0.1) is 17.7 Å². The molecular weight excluding hydrogens is 312 g/mol. The number of nitro groups is 1. The van der Waals surface area contributed by atoms with Gasteiger partial charge in [0, 0.05) is 17.7 Å². The van der Waals surface area contributed by atoms with Gasteiger partial charge in [-0.15, -0.1) is 0 Å². The van der Waals surface area contributed by atoms with Gasteiger partial charge >= 0.3 is 0 Å². The molecule has 2 rings (SSSR count). The first kappa shape index (κ1) is 16.8. The van der Waals surface area contributed by atoms with Crippen LogP contribution in [0.4, 0.5) is 5.69 Å². The van der Waals surface area contributed by atoms with Crippen molar-refractivity contribution in [2.75, 3.05) is 6.54 Å². The van der Waals surface area contributed by atoms with Crippen LogP contribution in [0.3, 0.4) is 0 Å². The summed E-state index contributed by atoms with van der Waals surface area (Å²) >= 11 is 0. The van der Waals surface area contributed by atoms with Crippen molar-refractivity contribution < 1.29 is 14.5 Å². The summed E-state index contributed by atoms with van der Waals surface area (Å²) in [7, 11) is 0. The summed E-state index contributed by atoms with van der Waals surface area (Å²) in [5.41, 5.74) is 3.23. The number of benzene rings is 2. The summed E-state index contributed by atoms with van der Waals surface area (Å²) in [6.07, 6.45) is 1.48. The van der Waals surface area contributed by atoms with Crippen LogP contribution in [0.15, 0.2) is 59.7 Å². The summed E-state index contributed by atoms with van der Waals surface area (Å²) in [6.45, 7) is -0.262. The lowest BCUT2D eigenvalue weighted by atomic mass is 10.2. The molecule has 8 nitrogen and oxygen atoms in total. The van der Waals surface area contributed by atoms with E-state index in [2.05, 4.69) is 15.8 Å². The molecule has 8 heteroatoms. The Morgan fingerprint density at radius 1 is 1.08 bits per heavy atom. The first-order valence-electron chi connectivity index (χ1n) is 6.96. The number of carbonyl (C=O) groups excluding carboxylic acids is 2. The highest BCUT2D eigenvalue weighted by atomic mass is 16.6. The summed E-state index contributed by atoms with van der Waals surface area (Å²) in [5, 5.41) is 16.7. The maximum atomic E-state index is 11.8. The zero-order valence-corrected chi connectivity index (χ0v) is 12.5. The van der Waals surface area contributed by atoms with E-state index < -0.39 is 16.7 Å². The van der Waals surface area contributed by atoms with E-state index in [1.165, 1.54) is 30.5 Å². The van der Waals surface area contributed by atoms with Crippen molar-refractivity contribution in [3.63, 3.8) is 0 Å². The Labute approximate surface area is 137 Å². The molecule has 2 N–H and O–H groups in total. The van der Waals surface area contributed by atoms with E-state index in [1.54, 1.807) is 0 Å². The molecule has 2 amide bonds. The lowest BCUT2D eigenvalue weighted by Gasteiger charge is -2.04. The maximum absolute atomic E-state index is 11.8. The van der Waals surface area contributed by atoms with Crippen LogP contribution in [-0.4, -0.2) is 29.5 Å². The van der Waals surface area contributed by atoms with Crippen LogP contribution in [0.2, 0.25) is 0 Å². The third-order valence-corrected chi connectivity index (χ3v) is 2.95. The van der Waals surface area contributed by atoms with E-state index in [4.69, 9.17) is 0 Å². The highest BCUT2D eigenvalue weighted by molar-refractivity contribution is 5.96. The Morgan fingerprint density at radius 3 is 2.38 bits per heavy atom. The van der Waals surface area contributed by atoms with Crippen LogP contribution < -0.4 is 10.7 Å². The van der Waals surface area contributed by atoms with Crippen molar-refractivity contribution >= 4 is 23.7 Å². The third kappa shape index (κ3) is 5.02. The molecule has 0 bridgehead atoms. The minimum Gasteiger partial charge on any atom is -0.343 e. The van der Waals surface area contributed by atoms with Gasteiger partial charge in [-0.25, -0.2) is 5.43 Å². The third-order valence-electron chi connectivity index (χ3n) is 2.95. The molecule has 2 aromatic rings. The number of nitrogens with one attached hydrogen (secondary N) is 2. The van der Waals surface area contributed by atoms with Crippen molar-refractivity contribution in [3.8, 4) is 0 Å². The molecule has 0 aliphatic carbocycles. The standard InChI is InChI=1S/C16H14N4O4/c21-15(19-18-10-12-4-2-1-3-5-12)11-17-16(22)13-6-8-14(9-7-13)20(23)24/h1-10H,11H2,(H,17,22)(H,19,21)/b18-10-. The quantitative estimate of drug-likeness (QED) is 0.475. The second-order valence-corrected chi connectivity index (χ2v) is 4.69. The topological polar surface area (TPSA) is 114 Å². The molecule has 122 valence electrons. The molecule has 0 saturated heterocycles. The first-order chi connectivity index (χ1) is 11.6. The molecule has 0 aromatic heterocycles. The highest BCUT2D eigenvalue weighted by Gasteiger charge is 2.10. The monoisotopic (exact) mass is 326 g/mol. The van der Waals surface area contributed by atoms with Gasteiger partial charge in [-0.1, -0.05) is 30.3 Å². The zero-order chi connectivity index (χ0) is 17.4. The second kappa shape index (κ2) is 8.18. The predicted molar refractivity (Wildman–Crippen MR) is 87.6 cm³/mol. The van der Waals surface area contributed by atoms with Crippen LogP contribution in [-0.2, 0) is 4.79 Å². The summed E-state index contributed by atoms with van der Waals surface area (Å²) in [6, 6.07) is 14.3. The molecule has 0 aliphatic heterocycles. The van der Waals surface area contributed by atoms with Crippen LogP contribution >= 0.6 is 0 Å². The minimum absolute atomic E-state index is 0.112. The van der Waals surface area contributed by atoms with E-state index in [0.717, 1.165) is 5.56 Å². The molecule has 0 saturated carbocycles. The first-order valence-corrected chi connectivity index (χ1v) is 6.96. The average molecular weight is 326 g/mol. The second-order valence-electron chi connectivity index (χ2n) is 4.69. The van der Waals surface area contributed by atoms with E-state index >= 15 is 0 Å². The van der Waals surface area contributed by atoms with Gasteiger partial charge in [0.15, 0.2) is 0 Å². The number of nitrogens with zero attached hydrogens (tertiary/aromatic N) is 2. The summed E-state index contributed by atoms with van der Waals surface area (Å²) < 4.78 is 0. The number of carbonyl (C=O) groups is 2. The average Bonchev–Trinajstić information content (AvgIpc) is 2.60. The van der Waals surface area contributed by atoms with Crippen LogP contribution in [0.1, 0.15) is 15.9 Å². The van der Waals surface area contributed by atoms with Gasteiger partial charge in [0.25, 0.3) is 17.5 Å². The smallest absolute Gasteiger partial charge is 0.269 e. The molecule has 0 atom stereocenters. The molecule has 0 radical (unpaired) electrons. The number of hydrazone groups is 1. The van der Waals surface area contributed by atoms with Crippen LogP contribution in [0, 0.1) is 10.1 Å². The van der Waals surface area contributed by atoms with Gasteiger partial charge in [0.1, 0.15) is 0 Å². The Kier molecular flexibility index (Phi) is 5.73. The fourth-order valence-electron chi connectivity index (χ4n) is 1.75. The van der Waals surface area contributed by atoms with Gasteiger partial charge in [0.2, 0.25) is 0 Å². The van der Waals surface area contributed by atoms with Gasteiger partial charge < -0.3 is 5.32 Å². The van der Waals surface area contributed by atoms with Crippen LogP contribution in [0.25, 0.3) is 0 Å². The fraction of sp³-hybridized carbons (Fsp3) is 0.0625. The number of rotatable bonds is 6. The van der Waals surface area contributed by atoms with E-state index in [-0.39, 0.29) is 17.8 Å². The van der Waals surface area contributed by atoms with Crippen molar-refractivity contribution in [2.45, 2.75) is 0 Å². The number of hydrogen-bond acceptors (Lipinski definition) is 5. The van der Waals surface area contributed by atoms with E-state index in [9.17, 15) is 19.7 Å². The van der Waals surface area contributed by atoms with Crippen molar-refractivity contribution in [1.82, 2.24) is 10.7 Å². The Bertz CT molecular complexity index is 757. The minimum atomic E-state index is -0.556. The number of non-ortho nitro benzene ring substituents is 1. The molecule has 2 aromatic carbocycles. The largest absolute Gasteiger partial charge is 0.343 e. The highest BCUT2D eigenvalue weighted by Crippen LogP contribution is 2.11. The number of nitro benzene ring substituents is 1. The summed E-state index contributed by atoms with van der Waals surface area (Å²) in [4.78, 5) is 33.4. The molecule has 0 aliphatic rings. The fourth-order valence-corrected chi connectivity index (χ4v) is 1.75. The number of amides is 2.